The number of anilines is 1. The van der Waals surface area contributed by atoms with Crippen LogP contribution in [-0.4, -0.2) is 16.0 Å². The number of amides is 1. The van der Waals surface area contributed by atoms with E-state index < -0.39 is 17.3 Å². The van der Waals surface area contributed by atoms with Crippen molar-refractivity contribution in [3.8, 4) is 0 Å². The Bertz CT molecular complexity index is 687. The van der Waals surface area contributed by atoms with Crippen LogP contribution in [-0.2, 0) is 10.4 Å². The molecule has 1 atom stereocenters. The Morgan fingerprint density at radius 1 is 1.37 bits per heavy atom. The zero-order valence-corrected chi connectivity index (χ0v) is 10.1. The van der Waals surface area contributed by atoms with Crippen molar-refractivity contribution in [3.05, 3.63) is 59.2 Å². The summed E-state index contributed by atoms with van der Waals surface area (Å²) in [5.74, 6) is -1.36. The second-order valence-corrected chi connectivity index (χ2v) is 4.52. The molecule has 2 N–H and O–H groups in total. The molecule has 96 valence electrons. The first-order valence-corrected chi connectivity index (χ1v) is 5.79. The number of aliphatic hydroxyl groups is 1. The van der Waals surface area contributed by atoms with E-state index in [2.05, 4.69) is 10.3 Å². The Balaban J connectivity index is 2.32. The van der Waals surface area contributed by atoms with Crippen molar-refractivity contribution in [1.82, 2.24) is 4.98 Å². The highest BCUT2D eigenvalue weighted by molar-refractivity contribution is 6.07. The fourth-order valence-corrected chi connectivity index (χ4v) is 2.50. The summed E-state index contributed by atoms with van der Waals surface area (Å²) in [6.07, 6.45) is 2.33. The topological polar surface area (TPSA) is 62.2 Å². The molecule has 0 bridgehead atoms. The number of pyridine rings is 1. The molecule has 5 heteroatoms. The molecule has 0 aliphatic carbocycles. The molecule has 4 nitrogen and oxygen atoms in total. The van der Waals surface area contributed by atoms with Gasteiger partial charge < -0.3 is 10.4 Å². The number of fused-ring (bicyclic) bond motifs is 1. The predicted molar refractivity (Wildman–Crippen MR) is 67.0 cm³/mol. The van der Waals surface area contributed by atoms with Gasteiger partial charge in [0.1, 0.15) is 5.82 Å². The zero-order chi connectivity index (χ0) is 13.6. The maximum absolute atomic E-state index is 13.9. The minimum atomic E-state index is -2.01. The summed E-state index contributed by atoms with van der Waals surface area (Å²) in [4.78, 5) is 15.7. The van der Waals surface area contributed by atoms with E-state index >= 15 is 0 Å². The van der Waals surface area contributed by atoms with Crippen molar-refractivity contribution in [2.75, 3.05) is 5.32 Å². The molecule has 0 radical (unpaired) electrons. The van der Waals surface area contributed by atoms with Crippen LogP contribution in [0.1, 0.15) is 16.7 Å². The monoisotopic (exact) mass is 258 g/mol. The molecule has 19 heavy (non-hydrogen) atoms. The standard InChI is InChI=1S/C14H11FN2O2/c1-8-3-2-4-11-12(8)14(19,13(18)17-11)9-5-6-16-7-10(9)15/h2-7,19H,1H3,(H,17,18). The number of aromatic nitrogens is 1. The van der Waals surface area contributed by atoms with Crippen LogP contribution in [0.5, 0.6) is 0 Å². The summed E-state index contributed by atoms with van der Waals surface area (Å²) in [5.41, 5.74) is -0.482. The van der Waals surface area contributed by atoms with Gasteiger partial charge >= 0.3 is 0 Å². The van der Waals surface area contributed by atoms with Crippen molar-refractivity contribution in [1.29, 1.82) is 0 Å². The van der Waals surface area contributed by atoms with E-state index in [0.717, 1.165) is 11.8 Å². The third kappa shape index (κ3) is 1.48. The molecule has 2 heterocycles. The molecule has 0 spiro atoms. The highest BCUT2D eigenvalue weighted by atomic mass is 19.1. The molecule has 0 saturated heterocycles. The summed E-state index contributed by atoms with van der Waals surface area (Å²) in [6, 6.07) is 6.53. The van der Waals surface area contributed by atoms with Crippen LogP contribution in [0.3, 0.4) is 0 Å². The van der Waals surface area contributed by atoms with Crippen LogP contribution in [0, 0.1) is 12.7 Å². The molecule has 3 rings (SSSR count). The number of rotatable bonds is 1. The molecular formula is C14H11FN2O2. The van der Waals surface area contributed by atoms with Gasteiger partial charge in [-0.15, -0.1) is 0 Å². The number of benzene rings is 1. The summed E-state index contributed by atoms with van der Waals surface area (Å²) in [5, 5.41) is 13.3. The van der Waals surface area contributed by atoms with Crippen LogP contribution >= 0.6 is 0 Å². The Morgan fingerprint density at radius 3 is 2.89 bits per heavy atom. The van der Waals surface area contributed by atoms with Gasteiger partial charge in [0.15, 0.2) is 5.60 Å². The Kier molecular flexibility index (Phi) is 2.40. The Labute approximate surface area is 108 Å². The van der Waals surface area contributed by atoms with E-state index in [1.165, 1.54) is 12.3 Å². The first-order valence-electron chi connectivity index (χ1n) is 5.79. The Morgan fingerprint density at radius 2 is 2.16 bits per heavy atom. The molecule has 1 aliphatic rings. The fraction of sp³-hybridized carbons (Fsp3) is 0.143. The molecular weight excluding hydrogens is 247 g/mol. The van der Waals surface area contributed by atoms with Gasteiger partial charge in [-0.1, -0.05) is 12.1 Å². The lowest BCUT2D eigenvalue weighted by atomic mass is 9.85. The number of hydrogen-bond donors (Lipinski definition) is 2. The maximum atomic E-state index is 13.9. The van der Waals surface area contributed by atoms with Crippen LogP contribution in [0.15, 0.2) is 36.7 Å². The van der Waals surface area contributed by atoms with Gasteiger partial charge in [-0.05, 0) is 24.6 Å². The lowest BCUT2D eigenvalue weighted by molar-refractivity contribution is -0.130. The van der Waals surface area contributed by atoms with E-state index in [0.29, 0.717) is 11.3 Å². The normalized spacial score (nSPS) is 21.1. The quantitative estimate of drug-likeness (QED) is 0.818. The number of halogens is 1. The minimum absolute atomic E-state index is 0.0898. The van der Waals surface area contributed by atoms with Crippen molar-refractivity contribution >= 4 is 11.6 Å². The molecule has 1 aromatic carbocycles. The van der Waals surface area contributed by atoms with Crippen LogP contribution < -0.4 is 5.32 Å². The highest BCUT2D eigenvalue weighted by Gasteiger charge is 2.49. The molecule has 1 aliphatic heterocycles. The van der Waals surface area contributed by atoms with Gasteiger partial charge in [-0.2, -0.15) is 0 Å². The fourth-order valence-electron chi connectivity index (χ4n) is 2.50. The molecule has 2 aromatic rings. The Hall–Kier alpha value is -2.27. The second-order valence-electron chi connectivity index (χ2n) is 4.52. The number of carbonyl (C=O) groups is 1. The zero-order valence-electron chi connectivity index (χ0n) is 10.1. The number of nitrogens with zero attached hydrogens (tertiary/aromatic N) is 1. The van der Waals surface area contributed by atoms with Crippen molar-refractivity contribution in [2.45, 2.75) is 12.5 Å². The molecule has 1 aromatic heterocycles. The van der Waals surface area contributed by atoms with Gasteiger partial charge in [-0.3, -0.25) is 9.78 Å². The van der Waals surface area contributed by atoms with Crippen LogP contribution in [0.25, 0.3) is 0 Å². The van der Waals surface area contributed by atoms with Gasteiger partial charge in [0, 0.05) is 23.0 Å². The summed E-state index contributed by atoms with van der Waals surface area (Å²) in [6.45, 7) is 1.77. The number of carbonyl (C=O) groups excluding carboxylic acids is 1. The smallest absolute Gasteiger partial charge is 0.266 e. The van der Waals surface area contributed by atoms with Gasteiger partial charge in [0.05, 0.1) is 6.20 Å². The average Bonchev–Trinajstić information content (AvgIpc) is 2.64. The third-order valence-electron chi connectivity index (χ3n) is 3.37. The molecule has 1 amide bonds. The van der Waals surface area contributed by atoms with Gasteiger partial charge in [0.25, 0.3) is 5.91 Å². The van der Waals surface area contributed by atoms with Crippen LogP contribution in [0.4, 0.5) is 10.1 Å². The van der Waals surface area contributed by atoms with Crippen LogP contribution in [0.2, 0.25) is 0 Å². The lowest BCUT2D eigenvalue weighted by Crippen LogP contribution is -2.36. The highest BCUT2D eigenvalue weighted by Crippen LogP contribution is 2.43. The third-order valence-corrected chi connectivity index (χ3v) is 3.37. The summed E-state index contributed by atoms with van der Waals surface area (Å²) >= 11 is 0. The van der Waals surface area contributed by atoms with Gasteiger partial charge in [0.2, 0.25) is 0 Å². The second kappa shape index (κ2) is 3.86. The van der Waals surface area contributed by atoms with E-state index in [9.17, 15) is 14.3 Å². The van der Waals surface area contributed by atoms with E-state index in [4.69, 9.17) is 0 Å². The van der Waals surface area contributed by atoms with Crippen molar-refractivity contribution in [3.63, 3.8) is 0 Å². The maximum Gasteiger partial charge on any atom is 0.266 e. The SMILES string of the molecule is Cc1cccc2c1C(O)(c1ccncc1F)C(=O)N2. The number of nitrogens with one attached hydrogen (secondary N) is 1. The number of hydrogen-bond acceptors (Lipinski definition) is 3. The molecule has 0 saturated carbocycles. The molecule has 1 unspecified atom stereocenters. The van der Waals surface area contributed by atoms with E-state index in [-0.39, 0.29) is 5.56 Å². The minimum Gasteiger partial charge on any atom is -0.372 e. The number of aryl methyl sites for hydroxylation is 1. The van der Waals surface area contributed by atoms with Crippen molar-refractivity contribution in [2.24, 2.45) is 0 Å². The van der Waals surface area contributed by atoms with Crippen molar-refractivity contribution < 1.29 is 14.3 Å². The largest absolute Gasteiger partial charge is 0.372 e. The molecule has 0 fully saturated rings. The first-order chi connectivity index (χ1) is 9.05. The first kappa shape index (κ1) is 11.8. The van der Waals surface area contributed by atoms with Gasteiger partial charge in [-0.25, -0.2) is 4.39 Å². The van der Waals surface area contributed by atoms with E-state index in [1.807, 2.05) is 0 Å². The lowest BCUT2D eigenvalue weighted by Gasteiger charge is -2.23. The summed E-state index contributed by atoms with van der Waals surface area (Å²) in [7, 11) is 0. The predicted octanol–water partition coefficient (Wildman–Crippen LogP) is 1.72. The van der Waals surface area contributed by atoms with E-state index in [1.54, 1.807) is 25.1 Å². The summed E-state index contributed by atoms with van der Waals surface area (Å²) < 4.78 is 13.9. The average molecular weight is 258 g/mol.